The number of para-hydroxylation sites is 1. The van der Waals surface area contributed by atoms with Crippen LogP contribution in [-0.2, 0) is 11.3 Å². The van der Waals surface area contributed by atoms with Crippen LogP contribution in [0.4, 0.5) is 0 Å². The van der Waals surface area contributed by atoms with E-state index < -0.39 is 6.10 Å². The van der Waals surface area contributed by atoms with Crippen LogP contribution in [0.3, 0.4) is 0 Å². The van der Waals surface area contributed by atoms with E-state index in [1.807, 2.05) is 24.3 Å². The Morgan fingerprint density at radius 1 is 1.33 bits per heavy atom. The summed E-state index contributed by atoms with van der Waals surface area (Å²) in [4.78, 5) is 12.0. The molecule has 1 aromatic carbocycles. The number of carbonyl (C=O) groups excluding carboxylic acids is 1. The monoisotopic (exact) mass is 290 g/mol. The van der Waals surface area contributed by atoms with E-state index in [9.17, 15) is 4.79 Å². The summed E-state index contributed by atoms with van der Waals surface area (Å²) >= 11 is 0. The number of ether oxygens (including phenoxy) is 1. The van der Waals surface area contributed by atoms with Crippen LogP contribution < -0.4 is 15.4 Å². The summed E-state index contributed by atoms with van der Waals surface area (Å²) in [6.07, 6.45) is 1.70. The van der Waals surface area contributed by atoms with E-state index in [0.717, 1.165) is 30.7 Å². The summed E-state index contributed by atoms with van der Waals surface area (Å²) in [7, 11) is 0. The van der Waals surface area contributed by atoms with E-state index in [4.69, 9.17) is 4.74 Å². The van der Waals surface area contributed by atoms with Crippen molar-refractivity contribution in [3.05, 3.63) is 29.8 Å². The zero-order chi connectivity index (χ0) is 15.5. The Morgan fingerprint density at radius 2 is 2.00 bits per heavy atom. The minimum atomic E-state index is -0.471. The minimum absolute atomic E-state index is 0.0314. The van der Waals surface area contributed by atoms with Gasteiger partial charge in [0.05, 0.1) is 0 Å². The summed E-state index contributed by atoms with van der Waals surface area (Å²) in [6, 6.07) is 8.23. The van der Waals surface area contributed by atoms with Gasteiger partial charge < -0.3 is 15.4 Å². The minimum Gasteiger partial charge on any atom is -0.481 e. The van der Waals surface area contributed by atoms with Crippen molar-refractivity contribution in [2.75, 3.05) is 0 Å². The molecule has 0 aromatic heterocycles. The molecule has 1 amide bonds. The van der Waals surface area contributed by atoms with Gasteiger partial charge in [-0.25, -0.2) is 0 Å². The molecule has 116 valence electrons. The first-order chi connectivity index (χ1) is 9.85. The highest BCUT2D eigenvalue weighted by Crippen LogP contribution is 2.22. The van der Waals surface area contributed by atoms with E-state index in [-0.39, 0.29) is 11.4 Å². The Bertz CT molecular complexity index is 490. The quantitative estimate of drug-likeness (QED) is 0.847. The molecule has 1 unspecified atom stereocenters. The number of carbonyl (C=O) groups is 1. The number of rotatable bonds is 6. The molecule has 2 N–H and O–H groups in total. The zero-order valence-corrected chi connectivity index (χ0v) is 13.4. The largest absolute Gasteiger partial charge is 0.481 e. The molecular formula is C17H26N2O2. The Balaban J connectivity index is 1.96. The van der Waals surface area contributed by atoms with Gasteiger partial charge in [0.15, 0.2) is 6.10 Å². The van der Waals surface area contributed by atoms with Crippen LogP contribution in [0.25, 0.3) is 0 Å². The van der Waals surface area contributed by atoms with Crippen LogP contribution in [-0.4, -0.2) is 23.6 Å². The molecule has 0 aliphatic heterocycles. The fourth-order valence-electron chi connectivity index (χ4n) is 1.92. The Labute approximate surface area is 127 Å². The fraction of sp³-hybridized carbons (Fsp3) is 0.588. The molecule has 1 aliphatic rings. The third kappa shape index (κ3) is 5.38. The molecule has 0 radical (unpaired) electrons. The van der Waals surface area contributed by atoms with E-state index in [1.165, 1.54) is 0 Å². The number of benzene rings is 1. The van der Waals surface area contributed by atoms with Gasteiger partial charge >= 0.3 is 0 Å². The topological polar surface area (TPSA) is 50.4 Å². The summed E-state index contributed by atoms with van der Waals surface area (Å²) < 4.78 is 5.85. The lowest BCUT2D eigenvalue weighted by molar-refractivity contribution is -0.127. The third-order valence-electron chi connectivity index (χ3n) is 3.38. The van der Waals surface area contributed by atoms with Gasteiger partial charge in [-0.05, 0) is 46.6 Å². The molecule has 0 spiro atoms. The lowest BCUT2D eigenvalue weighted by atomic mass is 10.1. The van der Waals surface area contributed by atoms with Crippen molar-refractivity contribution < 1.29 is 9.53 Å². The van der Waals surface area contributed by atoms with Gasteiger partial charge in [0, 0.05) is 23.7 Å². The van der Waals surface area contributed by atoms with Crippen molar-refractivity contribution in [2.24, 2.45) is 0 Å². The number of nitrogens with one attached hydrogen (secondary N) is 2. The highest BCUT2D eigenvalue weighted by molar-refractivity contribution is 5.81. The van der Waals surface area contributed by atoms with Crippen molar-refractivity contribution in [2.45, 2.75) is 64.8 Å². The molecule has 0 bridgehead atoms. The van der Waals surface area contributed by atoms with Gasteiger partial charge in [-0.1, -0.05) is 18.2 Å². The van der Waals surface area contributed by atoms with Gasteiger partial charge in [-0.3, -0.25) is 4.79 Å². The normalized spacial score (nSPS) is 16.4. The SMILES string of the molecule is CC(Oc1ccccc1CNC(C)(C)C)C(=O)NC1CC1. The molecule has 1 saturated carbocycles. The molecule has 4 heteroatoms. The van der Waals surface area contributed by atoms with Crippen LogP contribution in [0.15, 0.2) is 24.3 Å². The van der Waals surface area contributed by atoms with Gasteiger partial charge in [0.1, 0.15) is 5.75 Å². The van der Waals surface area contributed by atoms with Gasteiger partial charge in [-0.2, -0.15) is 0 Å². The van der Waals surface area contributed by atoms with Gasteiger partial charge in [0.25, 0.3) is 5.91 Å². The Kier molecular flexibility index (Phi) is 4.88. The molecule has 1 aliphatic carbocycles. The average Bonchev–Trinajstić information content (AvgIpc) is 3.20. The zero-order valence-electron chi connectivity index (χ0n) is 13.4. The van der Waals surface area contributed by atoms with Crippen LogP contribution in [0, 0.1) is 0 Å². The molecule has 0 saturated heterocycles. The predicted molar refractivity (Wildman–Crippen MR) is 84.3 cm³/mol. The second-order valence-corrected chi connectivity index (χ2v) is 6.75. The van der Waals surface area contributed by atoms with Crippen molar-refractivity contribution in [3.63, 3.8) is 0 Å². The Morgan fingerprint density at radius 3 is 2.62 bits per heavy atom. The molecule has 2 rings (SSSR count). The van der Waals surface area contributed by atoms with E-state index in [0.29, 0.717) is 6.04 Å². The van der Waals surface area contributed by atoms with Crippen LogP contribution in [0.2, 0.25) is 0 Å². The summed E-state index contributed by atoms with van der Waals surface area (Å²) in [6.45, 7) is 8.90. The van der Waals surface area contributed by atoms with Crippen molar-refractivity contribution in [3.8, 4) is 5.75 Å². The van der Waals surface area contributed by atoms with Gasteiger partial charge in [0.2, 0.25) is 0 Å². The maximum atomic E-state index is 12.0. The molecule has 1 aromatic rings. The average molecular weight is 290 g/mol. The Hall–Kier alpha value is -1.55. The first kappa shape index (κ1) is 15.8. The van der Waals surface area contributed by atoms with Crippen LogP contribution in [0.5, 0.6) is 5.75 Å². The maximum absolute atomic E-state index is 12.0. The predicted octanol–water partition coefficient (Wildman–Crippen LogP) is 2.62. The molecule has 1 fully saturated rings. The maximum Gasteiger partial charge on any atom is 0.260 e. The lowest BCUT2D eigenvalue weighted by Gasteiger charge is -2.22. The summed E-state index contributed by atoms with van der Waals surface area (Å²) in [5.41, 5.74) is 1.11. The van der Waals surface area contributed by atoms with Gasteiger partial charge in [-0.15, -0.1) is 0 Å². The molecule has 0 heterocycles. The molecule has 4 nitrogen and oxygen atoms in total. The highest BCUT2D eigenvalue weighted by atomic mass is 16.5. The number of amides is 1. The first-order valence-electron chi connectivity index (χ1n) is 7.65. The second-order valence-electron chi connectivity index (χ2n) is 6.75. The summed E-state index contributed by atoms with van der Waals surface area (Å²) in [5.74, 6) is 0.740. The van der Waals surface area contributed by atoms with Crippen molar-refractivity contribution in [1.82, 2.24) is 10.6 Å². The number of hydrogen-bond donors (Lipinski definition) is 2. The van der Waals surface area contributed by atoms with Crippen molar-refractivity contribution in [1.29, 1.82) is 0 Å². The first-order valence-corrected chi connectivity index (χ1v) is 7.65. The lowest BCUT2D eigenvalue weighted by Crippen LogP contribution is -2.38. The van der Waals surface area contributed by atoms with Crippen LogP contribution in [0.1, 0.15) is 46.1 Å². The highest BCUT2D eigenvalue weighted by Gasteiger charge is 2.26. The van der Waals surface area contributed by atoms with E-state index in [1.54, 1.807) is 6.92 Å². The summed E-state index contributed by atoms with van der Waals surface area (Å²) in [5, 5.41) is 6.41. The number of hydrogen-bond acceptors (Lipinski definition) is 3. The van der Waals surface area contributed by atoms with Crippen molar-refractivity contribution >= 4 is 5.91 Å². The van der Waals surface area contributed by atoms with E-state index in [2.05, 4.69) is 31.4 Å². The standard InChI is InChI=1S/C17H26N2O2/c1-12(16(20)19-14-9-10-14)21-15-8-6-5-7-13(15)11-18-17(2,3)4/h5-8,12,14,18H,9-11H2,1-4H3,(H,19,20). The molecule has 21 heavy (non-hydrogen) atoms. The molecule has 1 atom stereocenters. The van der Waals surface area contributed by atoms with E-state index >= 15 is 0 Å². The second kappa shape index (κ2) is 6.48. The molecular weight excluding hydrogens is 264 g/mol. The fourth-order valence-corrected chi connectivity index (χ4v) is 1.92. The smallest absolute Gasteiger partial charge is 0.260 e. The third-order valence-corrected chi connectivity index (χ3v) is 3.38. The van der Waals surface area contributed by atoms with Crippen LogP contribution >= 0.6 is 0 Å².